The Morgan fingerprint density at radius 1 is 1.08 bits per heavy atom. The minimum absolute atomic E-state index is 0.0686. The minimum Gasteiger partial charge on any atom is -0.497 e. The summed E-state index contributed by atoms with van der Waals surface area (Å²) >= 11 is 5.00. The molecule has 0 saturated carbocycles. The molecule has 0 saturated heterocycles. The molecule has 0 fully saturated rings. The number of aromatic nitrogens is 1. The van der Waals surface area contributed by atoms with Crippen LogP contribution in [0.15, 0.2) is 80.5 Å². The standard InChI is InChI=1S/C31H27BrN2O4S/c1-4-38-29-24(32)14-18(15-25(29)37-3)16-26-30(35)34-28(20-9-7-10-21(17-20)36-2)23-13-12-19-8-5-6-11-22(19)27(23)33-31(34)39-26/h5-11,14-17,28H,4,12-13H2,1-3H3/b26-16+/t28-/m0/s1. The molecule has 1 aliphatic heterocycles. The second-order valence-corrected chi connectivity index (χ2v) is 11.2. The Hall–Kier alpha value is -3.62. The quantitative estimate of drug-likeness (QED) is 0.292. The molecule has 0 bridgehead atoms. The average Bonchev–Trinajstić information content (AvgIpc) is 3.27. The first-order chi connectivity index (χ1) is 19.0. The Morgan fingerprint density at radius 3 is 2.72 bits per heavy atom. The average molecular weight is 604 g/mol. The summed E-state index contributed by atoms with van der Waals surface area (Å²) in [5, 5.41) is 0. The number of benzene rings is 3. The zero-order valence-electron chi connectivity index (χ0n) is 21.9. The summed E-state index contributed by atoms with van der Waals surface area (Å²) in [6, 6.07) is 20.0. The molecule has 198 valence electrons. The van der Waals surface area contributed by atoms with E-state index in [1.54, 1.807) is 14.2 Å². The monoisotopic (exact) mass is 602 g/mol. The van der Waals surface area contributed by atoms with Crippen LogP contribution in [0, 0.1) is 0 Å². The number of fused-ring (bicyclic) bond motifs is 3. The molecule has 0 unspecified atom stereocenters. The number of methoxy groups -OCH3 is 2. The SMILES string of the molecule is CCOc1c(Br)cc(/C=c2/sc3n(c2=O)[C@@H](c2cccc(OC)c2)C2=C(N=3)c3ccccc3CC2)cc1OC. The fourth-order valence-electron chi connectivity index (χ4n) is 5.39. The van der Waals surface area contributed by atoms with Gasteiger partial charge in [-0.15, -0.1) is 0 Å². The van der Waals surface area contributed by atoms with Gasteiger partial charge in [0.05, 0.1) is 41.6 Å². The lowest BCUT2D eigenvalue weighted by molar-refractivity contribution is 0.309. The summed E-state index contributed by atoms with van der Waals surface area (Å²) in [4.78, 5) is 19.8. The van der Waals surface area contributed by atoms with E-state index < -0.39 is 0 Å². The predicted octanol–water partition coefficient (Wildman–Crippen LogP) is 5.50. The number of rotatable bonds is 6. The highest BCUT2D eigenvalue weighted by atomic mass is 79.9. The molecule has 1 atom stereocenters. The summed E-state index contributed by atoms with van der Waals surface area (Å²) in [7, 11) is 3.27. The highest BCUT2D eigenvalue weighted by molar-refractivity contribution is 9.10. The van der Waals surface area contributed by atoms with Crippen molar-refractivity contribution >= 4 is 39.0 Å². The molecule has 4 aromatic rings. The normalized spacial score (nSPS) is 16.2. The summed E-state index contributed by atoms with van der Waals surface area (Å²) in [6.07, 6.45) is 3.64. The Labute approximate surface area is 238 Å². The third-order valence-electron chi connectivity index (χ3n) is 7.12. The van der Waals surface area contributed by atoms with Crippen molar-refractivity contribution in [3.63, 3.8) is 0 Å². The van der Waals surface area contributed by atoms with Gasteiger partial charge in [0.1, 0.15) is 5.75 Å². The molecule has 3 aromatic carbocycles. The minimum atomic E-state index is -0.261. The molecule has 1 aliphatic carbocycles. The summed E-state index contributed by atoms with van der Waals surface area (Å²) in [5.41, 5.74) is 6.34. The maximum absolute atomic E-state index is 14.0. The number of halogens is 1. The van der Waals surface area contributed by atoms with Gasteiger partial charge in [-0.2, -0.15) is 0 Å². The number of allylic oxidation sites excluding steroid dienone is 1. The first kappa shape index (κ1) is 25.6. The first-order valence-electron chi connectivity index (χ1n) is 12.8. The van der Waals surface area contributed by atoms with Crippen molar-refractivity contribution in [2.45, 2.75) is 25.8 Å². The number of hydrogen-bond acceptors (Lipinski definition) is 6. The molecule has 0 amide bonds. The lowest BCUT2D eigenvalue weighted by Crippen LogP contribution is -2.38. The Balaban J connectivity index is 1.58. The van der Waals surface area contributed by atoms with Gasteiger partial charge >= 0.3 is 0 Å². The van der Waals surface area contributed by atoms with Gasteiger partial charge in [0.15, 0.2) is 16.3 Å². The van der Waals surface area contributed by atoms with E-state index in [0.717, 1.165) is 51.0 Å². The predicted molar refractivity (Wildman–Crippen MR) is 158 cm³/mol. The van der Waals surface area contributed by atoms with Gasteiger partial charge in [-0.25, -0.2) is 4.99 Å². The van der Waals surface area contributed by atoms with Crippen molar-refractivity contribution in [2.24, 2.45) is 4.99 Å². The van der Waals surface area contributed by atoms with E-state index in [-0.39, 0.29) is 11.6 Å². The largest absolute Gasteiger partial charge is 0.497 e. The van der Waals surface area contributed by atoms with E-state index in [4.69, 9.17) is 19.2 Å². The molecule has 0 spiro atoms. The highest BCUT2D eigenvalue weighted by Crippen LogP contribution is 2.42. The fourth-order valence-corrected chi connectivity index (χ4v) is 6.97. The van der Waals surface area contributed by atoms with Crippen LogP contribution in [0.25, 0.3) is 11.8 Å². The maximum atomic E-state index is 14.0. The Morgan fingerprint density at radius 2 is 1.92 bits per heavy atom. The van der Waals surface area contributed by atoms with Crippen LogP contribution in [0.4, 0.5) is 0 Å². The topological polar surface area (TPSA) is 62.0 Å². The highest BCUT2D eigenvalue weighted by Gasteiger charge is 2.32. The number of hydrogen-bond donors (Lipinski definition) is 0. The van der Waals surface area contributed by atoms with Crippen LogP contribution in [0.3, 0.4) is 0 Å². The smallest absolute Gasteiger partial charge is 0.271 e. The lowest BCUT2D eigenvalue weighted by Gasteiger charge is -2.31. The van der Waals surface area contributed by atoms with Crippen molar-refractivity contribution in [3.05, 3.63) is 113 Å². The second kappa shape index (κ2) is 10.5. The summed E-state index contributed by atoms with van der Waals surface area (Å²) in [6.45, 7) is 2.45. The van der Waals surface area contributed by atoms with E-state index in [0.29, 0.717) is 27.4 Å². The van der Waals surface area contributed by atoms with Gasteiger partial charge in [0, 0.05) is 5.56 Å². The van der Waals surface area contributed by atoms with E-state index >= 15 is 0 Å². The maximum Gasteiger partial charge on any atom is 0.271 e. The lowest BCUT2D eigenvalue weighted by atomic mass is 9.83. The molecule has 0 N–H and O–H groups in total. The zero-order valence-corrected chi connectivity index (χ0v) is 24.3. The van der Waals surface area contributed by atoms with Gasteiger partial charge < -0.3 is 14.2 Å². The molecule has 6 rings (SSSR count). The van der Waals surface area contributed by atoms with Crippen LogP contribution in [0.5, 0.6) is 17.2 Å². The van der Waals surface area contributed by atoms with Crippen LogP contribution in [-0.2, 0) is 6.42 Å². The van der Waals surface area contributed by atoms with Crippen molar-refractivity contribution in [3.8, 4) is 17.2 Å². The molecule has 0 radical (unpaired) electrons. The molecule has 8 heteroatoms. The first-order valence-corrected chi connectivity index (χ1v) is 14.4. The van der Waals surface area contributed by atoms with Crippen LogP contribution in [-0.4, -0.2) is 25.4 Å². The van der Waals surface area contributed by atoms with Crippen molar-refractivity contribution < 1.29 is 14.2 Å². The van der Waals surface area contributed by atoms with Gasteiger partial charge in [0.25, 0.3) is 5.56 Å². The zero-order chi connectivity index (χ0) is 27.1. The van der Waals surface area contributed by atoms with Gasteiger partial charge in [-0.3, -0.25) is 9.36 Å². The van der Waals surface area contributed by atoms with Crippen LogP contribution < -0.4 is 29.1 Å². The number of ether oxygens (including phenoxy) is 3. The number of thiazole rings is 1. The van der Waals surface area contributed by atoms with Gasteiger partial charge in [-0.1, -0.05) is 47.7 Å². The van der Waals surface area contributed by atoms with Gasteiger partial charge in [0.2, 0.25) is 0 Å². The van der Waals surface area contributed by atoms with Crippen molar-refractivity contribution in [1.29, 1.82) is 0 Å². The van der Waals surface area contributed by atoms with Gasteiger partial charge in [-0.05, 0) is 88.3 Å². The number of nitrogens with zero attached hydrogens (tertiary/aromatic N) is 2. The van der Waals surface area contributed by atoms with Crippen LogP contribution in [0.2, 0.25) is 0 Å². The van der Waals surface area contributed by atoms with Crippen LogP contribution in [0.1, 0.15) is 41.6 Å². The third kappa shape index (κ3) is 4.51. The second-order valence-electron chi connectivity index (χ2n) is 9.36. The third-order valence-corrected chi connectivity index (χ3v) is 8.69. The molecule has 6 nitrogen and oxygen atoms in total. The molecule has 39 heavy (non-hydrogen) atoms. The van der Waals surface area contributed by atoms with Crippen molar-refractivity contribution in [2.75, 3.05) is 20.8 Å². The summed E-state index contributed by atoms with van der Waals surface area (Å²) in [5.74, 6) is 2.01. The van der Waals surface area contributed by atoms with Crippen LogP contribution >= 0.6 is 27.3 Å². The number of aryl methyl sites for hydroxylation is 1. The van der Waals surface area contributed by atoms with Crippen molar-refractivity contribution in [1.82, 2.24) is 4.57 Å². The van der Waals surface area contributed by atoms with E-state index in [1.165, 1.54) is 16.9 Å². The molecular weight excluding hydrogens is 576 g/mol. The van der Waals surface area contributed by atoms with E-state index in [2.05, 4.69) is 46.3 Å². The fraction of sp³-hybridized carbons (Fsp3) is 0.226. The molecular formula is C31H27BrN2O4S. The molecule has 2 aliphatic rings. The summed E-state index contributed by atoms with van der Waals surface area (Å²) < 4.78 is 20.1. The van der Waals surface area contributed by atoms with E-state index in [1.807, 2.05) is 47.9 Å². The molecule has 1 aromatic heterocycles. The van der Waals surface area contributed by atoms with E-state index in [9.17, 15) is 4.79 Å². The Kier molecular flexibility index (Phi) is 6.91. The molecule has 2 heterocycles. The Bertz CT molecular complexity index is 1800.